The molecule has 24 nitrogen and oxygen atoms in total. The van der Waals surface area contributed by atoms with E-state index in [-0.39, 0.29) is 50.8 Å². The third kappa shape index (κ3) is 46.0. The summed E-state index contributed by atoms with van der Waals surface area (Å²) < 4.78 is 0. The van der Waals surface area contributed by atoms with Gasteiger partial charge in [-0.25, -0.2) is 0 Å². The van der Waals surface area contributed by atoms with Crippen LogP contribution in [-0.2, 0) is 24.0 Å². The number of hydrogen-bond donors (Lipinski definition) is 18. The molecule has 0 radical (unpaired) electrons. The van der Waals surface area contributed by atoms with Crippen molar-refractivity contribution in [2.45, 2.75) is 267 Å². The molecule has 0 fully saturated rings. The minimum absolute atomic E-state index is 0.165. The zero-order valence-corrected chi connectivity index (χ0v) is 52.8. The van der Waals surface area contributed by atoms with Crippen LogP contribution in [0.25, 0.3) is 0 Å². The number of rotatable bonds is 63. The highest BCUT2D eigenvalue weighted by molar-refractivity contribution is 5.84. The normalized spacial score (nSPS) is 14.5. The van der Waals surface area contributed by atoms with Crippen LogP contribution in [0.1, 0.15) is 218 Å². The molecule has 0 heterocycles. The number of aliphatic hydroxyl groups is 10. The van der Waals surface area contributed by atoms with Crippen LogP contribution in [0.15, 0.2) is 0 Å². The van der Waals surface area contributed by atoms with Gasteiger partial charge in [-0.3, -0.25) is 24.0 Å². The van der Waals surface area contributed by atoms with Crippen LogP contribution in [-0.4, -0.2) is 226 Å². The molecule has 86 heavy (non-hydrogen) atoms. The number of unbranched alkanes of at least 4 members (excludes halogenated alkanes) is 26. The fourth-order valence-corrected chi connectivity index (χ4v) is 10.1. The average Bonchev–Trinajstić information content (AvgIpc) is 3.66. The number of carbonyl (C=O) groups excluding carboxylic acids is 5. The van der Waals surface area contributed by atoms with Crippen LogP contribution in [0, 0.1) is 5.92 Å². The Balaban J connectivity index is 4.03. The Labute approximate surface area is 515 Å². The second-order valence-corrected chi connectivity index (χ2v) is 23.5. The first-order valence-electron chi connectivity index (χ1n) is 33.4. The maximum absolute atomic E-state index is 13.2. The first-order valence-corrected chi connectivity index (χ1v) is 33.4. The van der Waals surface area contributed by atoms with E-state index < -0.39 is 79.8 Å². The van der Waals surface area contributed by atoms with Gasteiger partial charge >= 0.3 is 0 Å². The SMILES string of the molecule is NCCCCNCC(CCCCCCCNC(=O)CCCCCCCCCCCCCCCCCCCCCCCNC(=O)CCC(=O)N(CCNC(=O)[C@@H](O)[C@@H](O)[C@@H](O)[C@H](O)CO)CCNC(=O)[C@H](O)[C@@H](O)[C@H](O)[C@@H](O)CO)CNCCCCN. The molecule has 0 saturated heterocycles. The molecule has 0 bridgehead atoms. The van der Waals surface area contributed by atoms with Gasteiger partial charge in [-0.1, -0.05) is 148 Å². The zero-order valence-electron chi connectivity index (χ0n) is 52.8. The predicted octanol–water partition coefficient (Wildman–Crippen LogP) is 1.13. The minimum atomic E-state index is -2.22. The zero-order chi connectivity index (χ0) is 63.8. The molecule has 0 aliphatic rings. The number of nitrogens with two attached hydrogens (primary N) is 2. The molecule has 5 amide bonds. The molecule has 0 rings (SSSR count). The molecule has 508 valence electrons. The van der Waals surface area contributed by atoms with Crippen molar-refractivity contribution in [1.82, 2.24) is 36.8 Å². The quantitative estimate of drug-likeness (QED) is 0.0380. The van der Waals surface area contributed by atoms with E-state index in [0.29, 0.717) is 18.9 Å². The Morgan fingerprint density at radius 2 is 0.674 bits per heavy atom. The number of aliphatic hydroxyl groups excluding tert-OH is 10. The highest BCUT2D eigenvalue weighted by Crippen LogP contribution is 2.17. The molecule has 24 heteroatoms. The third-order valence-corrected chi connectivity index (χ3v) is 15.8. The van der Waals surface area contributed by atoms with Crippen LogP contribution in [0.3, 0.4) is 0 Å². The Morgan fingerprint density at radius 1 is 0.349 bits per heavy atom. The van der Waals surface area contributed by atoms with Gasteiger partial charge in [0.2, 0.25) is 17.7 Å². The lowest BCUT2D eigenvalue weighted by atomic mass is 9.99. The summed E-state index contributed by atoms with van der Waals surface area (Å²) in [5, 5.41) is 115. The molecule has 0 aromatic carbocycles. The van der Waals surface area contributed by atoms with Gasteiger partial charge in [0.05, 0.1) is 13.2 Å². The van der Waals surface area contributed by atoms with E-state index in [4.69, 9.17) is 21.7 Å². The van der Waals surface area contributed by atoms with Crippen molar-refractivity contribution in [1.29, 1.82) is 0 Å². The number of hydrogen-bond acceptors (Lipinski definition) is 19. The van der Waals surface area contributed by atoms with Gasteiger partial charge in [-0.2, -0.15) is 0 Å². The smallest absolute Gasteiger partial charge is 0.251 e. The number of carbonyl (C=O) groups is 5. The van der Waals surface area contributed by atoms with E-state index in [0.717, 1.165) is 121 Å². The average molecular weight is 1240 g/mol. The summed E-state index contributed by atoms with van der Waals surface area (Å²) in [7, 11) is 0. The Bertz CT molecular complexity index is 1570. The Morgan fingerprint density at radius 3 is 1.03 bits per heavy atom. The molecule has 0 aliphatic heterocycles. The van der Waals surface area contributed by atoms with Gasteiger partial charge < -0.3 is 99.3 Å². The van der Waals surface area contributed by atoms with E-state index >= 15 is 0 Å². The summed E-state index contributed by atoms with van der Waals surface area (Å²) in [6, 6.07) is 0. The molecule has 0 aromatic rings. The van der Waals surface area contributed by atoms with Gasteiger partial charge in [-0.15, -0.1) is 0 Å². The monoisotopic (exact) mass is 1240 g/mol. The van der Waals surface area contributed by atoms with Gasteiger partial charge in [0.1, 0.15) is 36.6 Å². The summed E-state index contributed by atoms with van der Waals surface area (Å²) in [5.74, 6) is -2.41. The van der Waals surface area contributed by atoms with E-state index in [9.17, 15) is 64.8 Å². The lowest BCUT2D eigenvalue weighted by molar-refractivity contribution is -0.149. The third-order valence-electron chi connectivity index (χ3n) is 15.8. The fourth-order valence-electron chi connectivity index (χ4n) is 10.1. The molecule has 8 atom stereocenters. The van der Waals surface area contributed by atoms with Crippen LogP contribution >= 0.6 is 0 Å². The molecule has 20 N–H and O–H groups in total. The maximum atomic E-state index is 13.2. The summed E-state index contributed by atoms with van der Waals surface area (Å²) in [4.78, 5) is 64.2. The van der Waals surface area contributed by atoms with Gasteiger partial charge in [0.25, 0.3) is 11.8 Å². The van der Waals surface area contributed by atoms with Crippen molar-refractivity contribution < 1.29 is 75.0 Å². The Kier molecular flexibility index (Phi) is 56.0. The van der Waals surface area contributed by atoms with Crippen LogP contribution < -0.4 is 43.4 Å². The topological polar surface area (TPSA) is 415 Å². The lowest BCUT2D eigenvalue weighted by Crippen LogP contribution is -2.53. The summed E-state index contributed by atoms with van der Waals surface area (Å²) in [5.41, 5.74) is 11.3. The van der Waals surface area contributed by atoms with E-state index in [1.165, 1.54) is 128 Å². The molecule has 0 unspecified atom stereocenters. The molecule has 0 aliphatic carbocycles. The molecule has 0 spiro atoms. The van der Waals surface area contributed by atoms with Crippen molar-refractivity contribution in [3.05, 3.63) is 0 Å². The predicted molar refractivity (Wildman–Crippen MR) is 335 cm³/mol. The maximum Gasteiger partial charge on any atom is 0.251 e. The van der Waals surface area contributed by atoms with Crippen LogP contribution in [0.5, 0.6) is 0 Å². The van der Waals surface area contributed by atoms with Crippen LogP contribution in [0.4, 0.5) is 0 Å². The summed E-state index contributed by atoms with van der Waals surface area (Å²) >= 11 is 0. The van der Waals surface area contributed by atoms with Crippen molar-refractivity contribution in [2.24, 2.45) is 17.4 Å². The van der Waals surface area contributed by atoms with Crippen molar-refractivity contribution >= 4 is 29.5 Å². The molecule has 0 saturated carbocycles. The minimum Gasteiger partial charge on any atom is -0.394 e. The highest BCUT2D eigenvalue weighted by atomic mass is 16.4. The van der Waals surface area contributed by atoms with Crippen molar-refractivity contribution in [3.63, 3.8) is 0 Å². The highest BCUT2D eigenvalue weighted by Gasteiger charge is 2.35. The van der Waals surface area contributed by atoms with Crippen molar-refractivity contribution in [2.75, 3.05) is 91.8 Å². The first kappa shape index (κ1) is 82.8. The standard InChI is InChI=1S/C62H125N9O15/c63-35-25-29-37-65-45-49(46-66-38-30-26-36-64)31-23-19-18-22-28-39-67-52(76)32-24-20-16-14-12-10-8-6-4-2-1-3-5-7-9-11-13-15-17-21-27-40-68-53(77)33-34-54(78)71(43-41-69-61(85)59(83)57(81)55(79)50(74)47-72)44-42-70-62(86)60(84)58(82)56(80)51(75)48-73/h49-51,55-60,65-66,72-75,79-84H,1-48,63-64H2,(H,67,76)(H,68,77)(H,69,85)(H,70,86)/t50-,51+,55+,56-,57-,58-,59+,60-/m0/s1. The largest absolute Gasteiger partial charge is 0.394 e. The molecular formula is C62H125N9O15. The van der Waals surface area contributed by atoms with Crippen LogP contribution in [0.2, 0.25) is 0 Å². The number of nitrogens with zero attached hydrogens (tertiary/aromatic N) is 1. The fraction of sp³-hybridized carbons (Fsp3) is 0.919. The van der Waals surface area contributed by atoms with Gasteiger partial charge in [0, 0.05) is 58.5 Å². The first-order chi connectivity index (χ1) is 41.5. The number of nitrogens with one attached hydrogen (secondary N) is 6. The van der Waals surface area contributed by atoms with Gasteiger partial charge in [0.15, 0.2) is 12.2 Å². The van der Waals surface area contributed by atoms with Gasteiger partial charge in [-0.05, 0) is 96.6 Å². The van der Waals surface area contributed by atoms with Crippen molar-refractivity contribution in [3.8, 4) is 0 Å². The van der Waals surface area contributed by atoms with E-state index in [1.807, 2.05) is 0 Å². The lowest BCUT2D eigenvalue weighted by Gasteiger charge is -2.27. The molecular weight excluding hydrogens is 1110 g/mol. The second kappa shape index (κ2) is 58.2. The van der Waals surface area contributed by atoms with E-state index in [2.05, 4.69) is 31.9 Å². The van der Waals surface area contributed by atoms with E-state index in [1.54, 1.807) is 0 Å². The summed E-state index contributed by atoms with van der Waals surface area (Å²) in [6.07, 6.45) is 20.7. The second-order valence-electron chi connectivity index (χ2n) is 23.5. The summed E-state index contributed by atoms with van der Waals surface area (Å²) in [6.45, 7) is 3.98. The Hall–Kier alpha value is -3.21. The molecule has 0 aromatic heterocycles. The number of amides is 5.